The fourth-order valence-electron chi connectivity index (χ4n) is 4.38. The molecule has 1 saturated heterocycles. The molecular weight excluding hydrogens is 448 g/mol. The zero-order valence-electron chi connectivity index (χ0n) is 20.5. The van der Waals surface area contributed by atoms with Gasteiger partial charge in [0.15, 0.2) is 0 Å². The number of carboxylic acids is 1. The molecule has 9 nitrogen and oxygen atoms in total. The maximum Gasteiger partial charge on any atom is 0.303 e. The smallest absolute Gasteiger partial charge is 0.303 e. The van der Waals surface area contributed by atoms with Crippen LogP contribution < -0.4 is 16.4 Å². The first-order chi connectivity index (χ1) is 16.9. The SMILES string of the molecule is NCCCNC(=O)CC(CCCCCCCCC(=O)O)N1CC(=O)NC(Cc2ccccc2)C1=O. The van der Waals surface area contributed by atoms with Gasteiger partial charge in [-0.25, -0.2) is 0 Å². The zero-order valence-corrected chi connectivity index (χ0v) is 20.5. The third kappa shape index (κ3) is 10.9. The normalized spacial score (nSPS) is 16.6. The van der Waals surface area contributed by atoms with Gasteiger partial charge in [-0.1, -0.05) is 62.4 Å². The van der Waals surface area contributed by atoms with Crippen LogP contribution in [-0.2, 0) is 25.6 Å². The van der Waals surface area contributed by atoms with Gasteiger partial charge in [0, 0.05) is 31.8 Å². The molecule has 0 saturated carbocycles. The third-order valence-electron chi connectivity index (χ3n) is 6.26. The lowest BCUT2D eigenvalue weighted by atomic mass is 9.97. The van der Waals surface area contributed by atoms with Crippen LogP contribution in [0.15, 0.2) is 30.3 Å². The molecule has 0 spiro atoms. The molecule has 1 heterocycles. The number of piperazine rings is 1. The summed E-state index contributed by atoms with van der Waals surface area (Å²) in [5, 5.41) is 14.4. The second-order valence-electron chi connectivity index (χ2n) is 9.18. The maximum absolute atomic E-state index is 13.3. The van der Waals surface area contributed by atoms with E-state index in [2.05, 4.69) is 10.6 Å². The number of hydrogen-bond donors (Lipinski definition) is 4. The molecule has 5 N–H and O–H groups in total. The number of benzene rings is 1. The van der Waals surface area contributed by atoms with Crippen molar-refractivity contribution in [1.82, 2.24) is 15.5 Å². The summed E-state index contributed by atoms with van der Waals surface area (Å²) in [4.78, 5) is 50.6. The topological polar surface area (TPSA) is 142 Å². The molecule has 194 valence electrons. The number of nitrogens with one attached hydrogen (secondary N) is 2. The van der Waals surface area contributed by atoms with Crippen molar-refractivity contribution in [2.45, 2.75) is 82.7 Å². The summed E-state index contributed by atoms with van der Waals surface area (Å²) in [7, 11) is 0. The maximum atomic E-state index is 13.3. The molecular formula is C26H40N4O5. The summed E-state index contributed by atoms with van der Waals surface area (Å²) < 4.78 is 0. The van der Waals surface area contributed by atoms with Crippen molar-refractivity contribution >= 4 is 23.7 Å². The van der Waals surface area contributed by atoms with Crippen LogP contribution >= 0.6 is 0 Å². The van der Waals surface area contributed by atoms with E-state index < -0.39 is 12.0 Å². The molecule has 2 atom stereocenters. The van der Waals surface area contributed by atoms with Gasteiger partial charge < -0.3 is 26.4 Å². The van der Waals surface area contributed by atoms with Gasteiger partial charge in [0.2, 0.25) is 17.7 Å². The molecule has 0 radical (unpaired) electrons. The van der Waals surface area contributed by atoms with E-state index in [0.717, 1.165) is 37.7 Å². The van der Waals surface area contributed by atoms with Crippen molar-refractivity contribution < 1.29 is 24.3 Å². The molecule has 35 heavy (non-hydrogen) atoms. The van der Waals surface area contributed by atoms with E-state index in [9.17, 15) is 19.2 Å². The molecule has 0 aromatic heterocycles. The predicted molar refractivity (Wildman–Crippen MR) is 133 cm³/mol. The van der Waals surface area contributed by atoms with Gasteiger partial charge in [0.25, 0.3) is 0 Å². The summed E-state index contributed by atoms with van der Waals surface area (Å²) in [6.45, 7) is 0.936. The van der Waals surface area contributed by atoms with Crippen LogP contribution in [0.5, 0.6) is 0 Å². The van der Waals surface area contributed by atoms with Crippen LogP contribution in [0, 0.1) is 0 Å². The Kier molecular flexibility index (Phi) is 12.8. The standard InChI is InChI=1S/C26H40N4O5/c27-15-10-16-28-23(31)18-21(13-8-3-1-2-4-9-14-25(33)34)30-19-24(32)29-22(26(30)35)17-20-11-6-5-7-12-20/h5-7,11-12,21-22H,1-4,8-10,13-19,27H2,(H,28,31)(H,29,32)(H,33,34). The molecule has 1 aliphatic heterocycles. The highest BCUT2D eigenvalue weighted by atomic mass is 16.4. The molecule has 1 aromatic rings. The van der Waals surface area contributed by atoms with Crippen molar-refractivity contribution in [1.29, 1.82) is 0 Å². The lowest BCUT2D eigenvalue weighted by Crippen LogP contribution is -2.61. The minimum Gasteiger partial charge on any atom is -0.481 e. The minimum atomic E-state index is -0.765. The van der Waals surface area contributed by atoms with Gasteiger partial charge in [-0.2, -0.15) is 0 Å². The average Bonchev–Trinajstić information content (AvgIpc) is 2.82. The molecule has 1 aromatic carbocycles. The van der Waals surface area contributed by atoms with Gasteiger partial charge in [0.1, 0.15) is 6.04 Å². The molecule has 2 rings (SSSR count). The highest BCUT2D eigenvalue weighted by Crippen LogP contribution is 2.20. The van der Waals surface area contributed by atoms with E-state index in [4.69, 9.17) is 10.8 Å². The highest BCUT2D eigenvalue weighted by Gasteiger charge is 2.37. The number of nitrogens with two attached hydrogens (primary N) is 1. The van der Waals surface area contributed by atoms with Crippen molar-refractivity contribution in [3.63, 3.8) is 0 Å². The average molecular weight is 489 g/mol. The van der Waals surface area contributed by atoms with E-state index >= 15 is 0 Å². The minimum absolute atomic E-state index is 0.0416. The molecule has 1 aliphatic rings. The van der Waals surface area contributed by atoms with Crippen LogP contribution in [0.2, 0.25) is 0 Å². The Morgan fingerprint density at radius 3 is 2.43 bits per heavy atom. The Morgan fingerprint density at radius 2 is 1.74 bits per heavy atom. The molecule has 9 heteroatoms. The van der Waals surface area contributed by atoms with Gasteiger partial charge in [-0.05, 0) is 31.4 Å². The van der Waals surface area contributed by atoms with Crippen LogP contribution in [0.25, 0.3) is 0 Å². The van der Waals surface area contributed by atoms with E-state index in [1.54, 1.807) is 4.90 Å². The second kappa shape index (κ2) is 15.9. The first-order valence-corrected chi connectivity index (χ1v) is 12.7. The van der Waals surface area contributed by atoms with Crippen molar-refractivity contribution in [3.05, 3.63) is 35.9 Å². The van der Waals surface area contributed by atoms with Crippen molar-refractivity contribution in [2.24, 2.45) is 5.73 Å². The fraction of sp³-hybridized carbons (Fsp3) is 0.615. The number of carbonyl (C=O) groups excluding carboxylic acids is 3. The zero-order chi connectivity index (χ0) is 25.5. The number of hydrogen-bond acceptors (Lipinski definition) is 5. The largest absolute Gasteiger partial charge is 0.481 e. The summed E-state index contributed by atoms with van der Waals surface area (Å²) in [6.07, 6.45) is 7.33. The van der Waals surface area contributed by atoms with E-state index in [1.807, 2.05) is 30.3 Å². The predicted octanol–water partition coefficient (Wildman–Crippen LogP) is 1.99. The molecule has 2 unspecified atom stereocenters. The first kappa shape index (κ1) is 28.3. The van der Waals surface area contributed by atoms with Gasteiger partial charge in [0.05, 0.1) is 6.54 Å². The monoisotopic (exact) mass is 488 g/mol. The Morgan fingerprint density at radius 1 is 1.06 bits per heavy atom. The Labute approximate surface area is 207 Å². The molecule has 0 aliphatic carbocycles. The number of carbonyl (C=O) groups is 4. The van der Waals surface area contributed by atoms with Gasteiger partial charge >= 0.3 is 5.97 Å². The summed E-state index contributed by atoms with van der Waals surface area (Å²) in [6, 6.07) is 8.57. The third-order valence-corrected chi connectivity index (χ3v) is 6.26. The Balaban J connectivity index is 1.96. The van der Waals surface area contributed by atoms with Crippen LogP contribution in [0.4, 0.5) is 0 Å². The number of unbranched alkanes of at least 4 members (excludes halogenated alkanes) is 5. The van der Waals surface area contributed by atoms with Crippen molar-refractivity contribution in [2.75, 3.05) is 19.6 Å². The quantitative estimate of drug-likeness (QED) is 0.247. The van der Waals surface area contributed by atoms with Crippen LogP contribution in [-0.4, -0.2) is 65.4 Å². The number of amides is 3. The van der Waals surface area contributed by atoms with E-state index in [1.165, 1.54) is 0 Å². The van der Waals surface area contributed by atoms with E-state index in [-0.39, 0.29) is 43.1 Å². The molecule has 3 amide bonds. The summed E-state index contributed by atoms with van der Waals surface area (Å²) in [5.41, 5.74) is 6.47. The van der Waals surface area contributed by atoms with Gasteiger partial charge in [-0.3, -0.25) is 19.2 Å². The number of nitrogens with zero attached hydrogens (tertiary/aromatic N) is 1. The lowest BCUT2D eigenvalue weighted by Gasteiger charge is -2.38. The fourth-order valence-corrected chi connectivity index (χ4v) is 4.38. The van der Waals surface area contributed by atoms with E-state index in [0.29, 0.717) is 38.8 Å². The Hall–Kier alpha value is -2.94. The van der Waals surface area contributed by atoms with Crippen LogP contribution in [0.3, 0.4) is 0 Å². The Bertz CT molecular complexity index is 817. The van der Waals surface area contributed by atoms with Crippen molar-refractivity contribution in [3.8, 4) is 0 Å². The number of aliphatic carboxylic acids is 1. The second-order valence-corrected chi connectivity index (χ2v) is 9.18. The summed E-state index contributed by atoms with van der Waals surface area (Å²) >= 11 is 0. The highest BCUT2D eigenvalue weighted by molar-refractivity contribution is 5.95. The first-order valence-electron chi connectivity index (χ1n) is 12.7. The number of carboxylic acid groups (broad SMARTS) is 1. The van der Waals surface area contributed by atoms with Gasteiger partial charge in [-0.15, -0.1) is 0 Å². The number of rotatable bonds is 17. The molecule has 1 fully saturated rings. The van der Waals surface area contributed by atoms with Crippen LogP contribution in [0.1, 0.15) is 69.8 Å². The molecule has 0 bridgehead atoms. The lowest BCUT2D eigenvalue weighted by molar-refractivity contribution is -0.147. The summed E-state index contributed by atoms with van der Waals surface area (Å²) in [5.74, 6) is -1.27.